The van der Waals surface area contributed by atoms with Crippen molar-refractivity contribution in [3.8, 4) is 0 Å². The molecule has 2 heteroatoms. The van der Waals surface area contributed by atoms with Gasteiger partial charge in [-0.1, -0.05) is 48.0 Å². The summed E-state index contributed by atoms with van der Waals surface area (Å²) < 4.78 is 0. The highest BCUT2D eigenvalue weighted by atomic mass is 79.9. The van der Waals surface area contributed by atoms with Crippen LogP contribution in [0.15, 0.2) is 0 Å². The van der Waals surface area contributed by atoms with Crippen LogP contribution in [-0.4, -0.2) is 28.9 Å². The number of likely N-dealkylation sites (tertiary alicyclic amines) is 1. The second kappa shape index (κ2) is 7.00. The molecule has 94 valence electrons. The van der Waals surface area contributed by atoms with Gasteiger partial charge in [0, 0.05) is 17.4 Å². The first-order valence-corrected chi connectivity index (χ1v) is 8.35. The molecule has 1 nitrogen and oxygen atoms in total. The van der Waals surface area contributed by atoms with E-state index < -0.39 is 0 Å². The van der Waals surface area contributed by atoms with Gasteiger partial charge in [-0.15, -0.1) is 0 Å². The molecule has 1 aliphatic carbocycles. The lowest BCUT2D eigenvalue weighted by atomic mass is 9.95. The Morgan fingerprint density at radius 2 is 1.56 bits per heavy atom. The zero-order valence-electron chi connectivity index (χ0n) is 10.5. The van der Waals surface area contributed by atoms with E-state index in [1.54, 1.807) is 0 Å². The second-order valence-electron chi connectivity index (χ2n) is 5.51. The predicted molar refractivity (Wildman–Crippen MR) is 74.2 cm³/mol. The molecule has 0 N–H and O–H groups in total. The Morgan fingerprint density at radius 3 is 2.25 bits per heavy atom. The van der Waals surface area contributed by atoms with Crippen LogP contribution in [0, 0.1) is 0 Å². The molecule has 1 aliphatic heterocycles. The minimum atomic E-state index is 0.885. The first kappa shape index (κ1) is 12.9. The molecule has 0 amide bonds. The Labute approximate surface area is 109 Å². The van der Waals surface area contributed by atoms with E-state index in [0.29, 0.717) is 0 Å². The van der Waals surface area contributed by atoms with Gasteiger partial charge in [0.1, 0.15) is 0 Å². The van der Waals surface area contributed by atoms with Gasteiger partial charge in [0.2, 0.25) is 0 Å². The van der Waals surface area contributed by atoms with E-state index >= 15 is 0 Å². The zero-order chi connectivity index (χ0) is 11.2. The molecule has 16 heavy (non-hydrogen) atoms. The molecule has 1 saturated carbocycles. The summed E-state index contributed by atoms with van der Waals surface area (Å²) in [6.07, 6.45) is 14.6. The summed E-state index contributed by atoms with van der Waals surface area (Å²) in [6.45, 7) is 1.38. The van der Waals surface area contributed by atoms with Gasteiger partial charge in [0.25, 0.3) is 0 Å². The summed E-state index contributed by atoms with van der Waals surface area (Å²) in [4.78, 5) is 2.87. The fourth-order valence-corrected chi connectivity index (χ4v) is 4.06. The van der Waals surface area contributed by atoms with Gasteiger partial charge < -0.3 is 0 Å². The number of alkyl halides is 1. The maximum atomic E-state index is 3.63. The van der Waals surface area contributed by atoms with Crippen LogP contribution < -0.4 is 0 Å². The third-order valence-electron chi connectivity index (χ3n) is 4.41. The Kier molecular flexibility index (Phi) is 5.64. The highest BCUT2D eigenvalue weighted by Crippen LogP contribution is 2.29. The molecular weight excluding hydrogens is 262 g/mol. The van der Waals surface area contributed by atoms with Gasteiger partial charge in [0.05, 0.1) is 0 Å². The topological polar surface area (TPSA) is 3.24 Å². The molecule has 1 unspecified atom stereocenters. The van der Waals surface area contributed by atoms with E-state index in [1.165, 1.54) is 76.1 Å². The van der Waals surface area contributed by atoms with Gasteiger partial charge in [-0.05, 0) is 38.6 Å². The van der Waals surface area contributed by atoms with E-state index in [-0.39, 0.29) is 0 Å². The number of nitrogens with zero attached hydrogens (tertiary/aromatic N) is 1. The second-order valence-corrected chi connectivity index (χ2v) is 6.30. The third kappa shape index (κ3) is 3.46. The third-order valence-corrected chi connectivity index (χ3v) is 4.87. The quantitative estimate of drug-likeness (QED) is 0.551. The molecule has 2 rings (SSSR count). The lowest BCUT2D eigenvalue weighted by Gasteiger charge is -2.41. The van der Waals surface area contributed by atoms with Crippen molar-refractivity contribution < 1.29 is 0 Å². The summed E-state index contributed by atoms with van der Waals surface area (Å²) in [6, 6.07) is 1.81. The molecule has 2 fully saturated rings. The summed E-state index contributed by atoms with van der Waals surface area (Å²) >= 11 is 3.63. The van der Waals surface area contributed by atoms with Crippen molar-refractivity contribution in [2.24, 2.45) is 0 Å². The smallest absolute Gasteiger partial charge is 0.0106 e. The summed E-state index contributed by atoms with van der Waals surface area (Å²) in [5, 5.41) is 1.18. The van der Waals surface area contributed by atoms with Gasteiger partial charge in [0.15, 0.2) is 0 Å². The van der Waals surface area contributed by atoms with Crippen molar-refractivity contribution in [1.29, 1.82) is 0 Å². The molecule has 0 aromatic heterocycles. The largest absolute Gasteiger partial charge is 0.297 e. The molecule has 1 atom stereocenters. The van der Waals surface area contributed by atoms with Crippen LogP contribution in [0.3, 0.4) is 0 Å². The van der Waals surface area contributed by atoms with Crippen molar-refractivity contribution in [2.75, 3.05) is 11.9 Å². The van der Waals surface area contributed by atoms with Crippen molar-refractivity contribution in [1.82, 2.24) is 4.90 Å². The van der Waals surface area contributed by atoms with E-state index in [9.17, 15) is 0 Å². The van der Waals surface area contributed by atoms with Crippen molar-refractivity contribution in [2.45, 2.75) is 76.3 Å². The maximum absolute atomic E-state index is 3.63. The Balaban J connectivity index is 1.92. The number of rotatable bonds is 3. The lowest BCUT2D eigenvalue weighted by Crippen LogP contribution is -2.46. The average Bonchev–Trinajstić information content (AvgIpc) is 2.59. The minimum absolute atomic E-state index is 0.885. The van der Waals surface area contributed by atoms with Gasteiger partial charge in [-0.2, -0.15) is 0 Å². The standard InChI is InChI=1S/C14H26BrN/c15-11-10-14-9-5-6-12-16(14)13-7-3-1-2-4-8-13/h13-14H,1-12H2. The van der Waals surface area contributed by atoms with Crippen molar-refractivity contribution >= 4 is 15.9 Å². The Hall–Kier alpha value is 0.440. The SMILES string of the molecule is BrCCC1CCCCN1C1CCCCCC1. The molecule has 0 radical (unpaired) electrons. The Bertz CT molecular complexity index is 185. The monoisotopic (exact) mass is 287 g/mol. The van der Waals surface area contributed by atoms with Crippen LogP contribution in [0.5, 0.6) is 0 Å². The number of hydrogen-bond acceptors (Lipinski definition) is 1. The van der Waals surface area contributed by atoms with E-state index in [4.69, 9.17) is 0 Å². The predicted octanol–water partition coefficient (Wildman–Crippen LogP) is 4.35. The molecule has 0 bridgehead atoms. The number of piperidine rings is 1. The first-order chi connectivity index (χ1) is 7.92. The molecular formula is C14H26BrN. The van der Waals surface area contributed by atoms with Gasteiger partial charge >= 0.3 is 0 Å². The van der Waals surface area contributed by atoms with E-state index in [1.807, 2.05) is 0 Å². The fourth-order valence-electron chi connectivity index (χ4n) is 3.53. The van der Waals surface area contributed by atoms with Crippen LogP contribution in [0.4, 0.5) is 0 Å². The van der Waals surface area contributed by atoms with Crippen LogP contribution in [0.25, 0.3) is 0 Å². The normalized spacial score (nSPS) is 30.2. The molecule has 1 saturated heterocycles. The fraction of sp³-hybridized carbons (Fsp3) is 1.00. The zero-order valence-corrected chi connectivity index (χ0v) is 12.1. The van der Waals surface area contributed by atoms with Crippen molar-refractivity contribution in [3.05, 3.63) is 0 Å². The average molecular weight is 288 g/mol. The maximum Gasteiger partial charge on any atom is 0.0106 e. The summed E-state index contributed by atoms with van der Waals surface area (Å²) in [7, 11) is 0. The van der Waals surface area contributed by atoms with Gasteiger partial charge in [-0.3, -0.25) is 4.90 Å². The van der Waals surface area contributed by atoms with E-state index in [2.05, 4.69) is 20.8 Å². The highest BCUT2D eigenvalue weighted by Gasteiger charge is 2.28. The lowest BCUT2D eigenvalue weighted by molar-refractivity contribution is 0.0836. The number of halogens is 1. The van der Waals surface area contributed by atoms with Crippen molar-refractivity contribution in [3.63, 3.8) is 0 Å². The van der Waals surface area contributed by atoms with E-state index in [0.717, 1.165) is 12.1 Å². The molecule has 0 aromatic rings. The van der Waals surface area contributed by atoms with Crippen LogP contribution >= 0.6 is 15.9 Å². The summed E-state index contributed by atoms with van der Waals surface area (Å²) in [5.74, 6) is 0. The highest BCUT2D eigenvalue weighted by molar-refractivity contribution is 9.09. The Morgan fingerprint density at radius 1 is 0.875 bits per heavy atom. The molecule has 0 spiro atoms. The van der Waals surface area contributed by atoms with Crippen LogP contribution in [-0.2, 0) is 0 Å². The first-order valence-electron chi connectivity index (χ1n) is 7.23. The summed E-state index contributed by atoms with van der Waals surface area (Å²) in [5.41, 5.74) is 0. The van der Waals surface area contributed by atoms with Crippen LogP contribution in [0.2, 0.25) is 0 Å². The number of hydrogen-bond donors (Lipinski definition) is 0. The molecule has 1 heterocycles. The molecule has 0 aromatic carbocycles. The molecule has 2 aliphatic rings. The minimum Gasteiger partial charge on any atom is -0.297 e. The van der Waals surface area contributed by atoms with Gasteiger partial charge in [-0.25, -0.2) is 0 Å². The van der Waals surface area contributed by atoms with Crippen LogP contribution in [0.1, 0.15) is 64.2 Å².